The normalized spacial score (nSPS) is 10.4. The van der Waals surface area contributed by atoms with Crippen LogP contribution in [-0.4, -0.2) is 17.4 Å². The Morgan fingerprint density at radius 1 is 1.22 bits per heavy atom. The van der Waals surface area contributed by atoms with Gasteiger partial charge in [-0.3, -0.25) is 4.79 Å². The molecule has 1 aromatic heterocycles. The van der Waals surface area contributed by atoms with E-state index in [0.717, 1.165) is 29.4 Å². The maximum Gasteiger partial charge on any atom is 0.252 e. The molecule has 2 rings (SSSR count). The maximum atomic E-state index is 12.0. The van der Waals surface area contributed by atoms with Gasteiger partial charge in [0.25, 0.3) is 5.91 Å². The first-order valence-corrected chi connectivity index (χ1v) is 8.67. The molecule has 1 heterocycles. The van der Waals surface area contributed by atoms with Gasteiger partial charge in [-0.25, -0.2) is 4.98 Å². The minimum atomic E-state index is -0.0711. The Morgan fingerprint density at radius 3 is 2.70 bits per heavy atom. The zero-order chi connectivity index (χ0) is 16.7. The molecule has 122 valence electrons. The summed E-state index contributed by atoms with van der Waals surface area (Å²) in [7, 11) is 0. The van der Waals surface area contributed by atoms with Crippen molar-refractivity contribution < 1.29 is 4.79 Å². The van der Waals surface area contributed by atoms with Gasteiger partial charge in [0.1, 0.15) is 5.82 Å². The molecule has 2 aromatic rings. The standard InChI is InChI=1S/C18H22BrN3O/c1-3-4-5-10-20-18(23)14-7-9-17(21-12-14)22-15-8-6-13(2)16(19)11-15/h6-9,11-12H,3-5,10H2,1-2H3,(H,20,23)(H,21,22). The van der Waals surface area contributed by atoms with Crippen LogP contribution in [0.4, 0.5) is 11.5 Å². The second kappa shape index (κ2) is 8.67. The molecule has 2 N–H and O–H groups in total. The van der Waals surface area contributed by atoms with E-state index < -0.39 is 0 Å². The molecule has 4 nitrogen and oxygen atoms in total. The average Bonchev–Trinajstić information content (AvgIpc) is 2.55. The average molecular weight is 376 g/mol. The van der Waals surface area contributed by atoms with Gasteiger partial charge >= 0.3 is 0 Å². The molecule has 1 aromatic carbocycles. The molecule has 0 bridgehead atoms. The Bertz CT molecular complexity index is 656. The fourth-order valence-electron chi connectivity index (χ4n) is 2.10. The molecule has 5 heteroatoms. The number of unbranched alkanes of at least 4 members (excludes halogenated alkanes) is 2. The SMILES string of the molecule is CCCCCNC(=O)c1ccc(Nc2ccc(C)c(Br)c2)nc1. The van der Waals surface area contributed by atoms with Gasteiger partial charge in [-0.05, 0) is 43.2 Å². The van der Waals surface area contributed by atoms with Crippen LogP contribution in [-0.2, 0) is 0 Å². The number of aromatic nitrogens is 1. The Hall–Kier alpha value is -1.88. The predicted octanol–water partition coefficient (Wildman–Crippen LogP) is 4.82. The van der Waals surface area contributed by atoms with Crippen molar-refractivity contribution in [1.29, 1.82) is 0 Å². The van der Waals surface area contributed by atoms with Gasteiger partial charge < -0.3 is 10.6 Å². The topological polar surface area (TPSA) is 54.0 Å². The number of carbonyl (C=O) groups excluding carboxylic acids is 1. The van der Waals surface area contributed by atoms with Crippen molar-refractivity contribution in [3.8, 4) is 0 Å². The maximum absolute atomic E-state index is 12.0. The molecular formula is C18H22BrN3O. The number of nitrogens with zero attached hydrogens (tertiary/aromatic N) is 1. The summed E-state index contributed by atoms with van der Waals surface area (Å²) < 4.78 is 1.05. The van der Waals surface area contributed by atoms with E-state index in [9.17, 15) is 4.79 Å². The summed E-state index contributed by atoms with van der Waals surface area (Å²) in [5, 5.41) is 6.14. The van der Waals surface area contributed by atoms with Gasteiger partial charge in [-0.1, -0.05) is 41.8 Å². The lowest BCUT2D eigenvalue weighted by atomic mass is 10.2. The van der Waals surface area contributed by atoms with E-state index in [-0.39, 0.29) is 5.91 Å². The number of aryl methyl sites for hydroxylation is 1. The van der Waals surface area contributed by atoms with Crippen molar-refractivity contribution in [1.82, 2.24) is 10.3 Å². The number of halogens is 1. The minimum absolute atomic E-state index is 0.0711. The van der Waals surface area contributed by atoms with Crippen LogP contribution in [0.1, 0.15) is 42.1 Å². The Kier molecular flexibility index (Phi) is 6.59. The number of amides is 1. The number of carbonyl (C=O) groups is 1. The molecule has 0 spiro atoms. The van der Waals surface area contributed by atoms with Gasteiger partial charge in [0, 0.05) is 22.9 Å². The van der Waals surface area contributed by atoms with Gasteiger partial charge in [0.05, 0.1) is 5.56 Å². The van der Waals surface area contributed by atoms with Crippen molar-refractivity contribution >= 4 is 33.3 Å². The van der Waals surface area contributed by atoms with Crippen molar-refractivity contribution in [2.75, 3.05) is 11.9 Å². The van der Waals surface area contributed by atoms with Crippen LogP contribution >= 0.6 is 15.9 Å². The van der Waals surface area contributed by atoms with Gasteiger partial charge in [0.2, 0.25) is 0 Å². The summed E-state index contributed by atoms with van der Waals surface area (Å²) >= 11 is 3.51. The Labute approximate surface area is 145 Å². The zero-order valence-electron chi connectivity index (χ0n) is 13.5. The van der Waals surface area contributed by atoms with Crippen LogP contribution in [0.25, 0.3) is 0 Å². The molecule has 0 atom stereocenters. The second-order valence-electron chi connectivity index (χ2n) is 5.48. The number of pyridine rings is 1. The lowest BCUT2D eigenvalue weighted by molar-refractivity contribution is 0.0952. The number of rotatable bonds is 7. The molecule has 0 aliphatic carbocycles. The van der Waals surface area contributed by atoms with Crippen molar-refractivity contribution in [3.63, 3.8) is 0 Å². The van der Waals surface area contributed by atoms with Crippen LogP contribution in [0.15, 0.2) is 41.0 Å². The van der Waals surface area contributed by atoms with E-state index in [1.54, 1.807) is 12.3 Å². The predicted molar refractivity (Wildman–Crippen MR) is 98.3 cm³/mol. The molecular weight excluding hydrogens is 354 g/mol. The molecule has 23 heavy (non-hydrogen) atoms. The monoisotopic (exact) mass is 375 g/mol. The first-order valence-electron chi connectivity index (χ1n) is 7.87. The van der Waals surface area contributed by atoms with Crippen molar-refractivity contribution in [3.05, 3.63) is 52.1 Å². The summed E-state index contributed by atoms with van der Waals surface area (Å²) in [6, 6.07) is 9.63. The van der Waals surface area contributed by atoms with E-state index in [0.29, 0.717) is 17.9 Å². The highest BCUT2D eigenvalue weighted by molar-refractivity contribution is 9.10. The third kappa shape index (κ3) is 5.36. The second-order valence-corrected chi connectivity index (χ2v) is 6.34. The van der Waals surface area contributed by atoms with Crippen molar-refractivity contribution in [2.24, 2.45) is 0 Å². The first kappa shape index (κ1) is 17.5. The number of hydrogen-bond donors (Lipinski definition) is 2. The van der Waals surface area contributed by atoms with E-state index in [4.69, 9.17) is 0 Å². The lowest BCUT2D eigenvalue weighted by Gasteiger charge is -2.08. The Morgan fingerprint density at radius 2 is 2.04 bits per heavy atom. The molecule has 0 unspecified atom stereocenters. The van der Waals surface area contributed by atoms with Crippen LogP contribution < -0.4 is 10.6 Å². The first-order chi connectivity index (χ1) is 11.1. The smallest absolute Gasteiger partial charge is 0.252 e. The molecule has 0 radical (unpaired) electrons. The van der Waals surface area contributed by atoms with Gasteiger partial charge in [0.15, 0.2) is 0 Å². The molecule has 0 saturated heterocycles. The minimum Gasteiger partial charge on any atom is -0.352 e. The number of nitrogens with one attached hydrogen (secondary N) is 2. The number of benzene rings is 1. The summed E-state index contributed by atoms with van der Waals surface area (Å²) in [5.74, 6) is 0.640. The summed E-state index contributed by atoms with van der Waals surface area (Å²) in [6.45, 7) is 4.90. The largest absolute Gasteiger partial charge is 0.352 e. The van der Waals surface area contributed by atoms with E-state index in [1.807, 2.05) is 31.2 Å². The summed E-state index contributed by atoms with van der Waals surface area (Å²) in [6.07, 6.45) is 4.89. The molecule has 0 fully saturated rings. The van der Waals surface area contributed by atoms with E-state index in [1.165, 1.54) is 5.56 Å². The van der Waals surface area contributed by atoms with Gasteiger partial charge in [-0.2, -0.15) is 0 Å². The zero-order valence-corrected chi connectivity index (χ0v) is 15.1. The highest BCUT2D eigenvalue weighted by atomic mass is 79.9. The van der Waals surface area contributed by atoms with Crippen LogP contribution in [0.2, 0.25) is 0 Å². The van der Waals surface area contributed by atoms with E-state index >= 15 is 0 Å². The Balaban J connectivity index is 1.93. The number of anilines is 2. The molecule has 0 aliphatic rings. The third-order valence-corrected chi connectivity index (χ3v) is 4.39. The summed E-state index contributed by atoms with van der Waals surface area (Å²) in [4.78, 5) is 16.3. The summed E-state index contributed by atoms with van der Waals surface area (Å²) in [5.41, 5.74) is 2.71. The van der Waals surface area contributed by atoms with Crippen molar-refractivity contribution in [2.45, 2.75) is 33.1 Å². The van der Waals surface area contributed by atoms with E-state index in [2.05, 4.69) is 38.5 Å². The molecule has 0 aliphatic heterocycles. The van der Waals surface area contributed by atoms with Crippen LogP contribution in [0.3, 0.4) is 0 Å². The highest BCUT2D eigenvalue weighted by Gasteiger charge is 2.06. The molecule has 0 saturated carbocycles. The fourth-order valence-corrected chi connectivity index (χ4v) is 2.48. The van der Waals surface area contributed by atoms with Gasteiger partial charge in [-0.15, -0.1) is 0 Å². The molecule has 1 amide bonds. The highest BCUT2D eigenvalue weighted by Crippen LogP contribution is 2.22. The quantitative estimate of drug-likeness (QED) is 0.682. The van der Waals surface area contributed by atoms with Crippen LogP contribution in [0.5, 0.6) is 0 Å². The fraction of sp³-hybridized carbons (Fsp3) is 0.333. The van der Waals surface area contributed by atoms with Crippen LogP contribution in [0, 0.1) is 6.92 Å². The third-order valence-electron chi connectivity index (χ3n) is 3.54. The number of hydrogen-bond acceptors (Lipinski definition) is 3. The lowest BCUT2D eigenvalue weighted by Crippen LogP contribution is -2.24.